The van der Waals surface area contributed by atoms with Crippen molar-refractivity contribution in [3.8, 4) is 5.75 Å². The Bertz CT molecular complexity index is 782. The molecule has 0 amide bonds. The van der Waals surface area contributed by atoms with Gasteiger partial charge in [-0.3, -0.25) is 10.1 Å². The molecule has 3 rings (SSSR count). The summed E-state index contributed by atoms with van der Waals surface area (Å²) in [5, 5.41) is 11.5. The summed E-state index contributed by atoms with van der Waals surface area (Å²) in [6, 6.07) is 17.2. The van der Waals surface area contributed by atoms with E-state index in [1.807, 2.05) is 53.6 Å². The lowest BCUT2D eigenvalue weighted by Crippen LogP contribution is -2.31. The Morgan fingerprint density at radius 1 is 1.12 bits per heavy atom. The second-order valence-corrected chi connectivity index (χ2v) is 5.84. The monoisotopic (exact) mass is 336 g/mol. The van der Waals surface area contributed by atoms with Gasteiger partial charge in [0.25, 0.3) is 5.70 Å². The van der Waals surface area contributed by atoms with Gasteiger partial charge in [-0.1, -0.05) is 42.5 Å². The molecule has 2 aromatic carbocycles. The van der Waals surface area contributed by atoms with Gasteiger partial charge in [0, 0.05) is 18.8 Å². The summed E-state index contributed by atoms with van der Waals surface area (Å²) >= 11 is 0. The third-order valence-corrected chi connectivity index (χ3v) is 4.30. The molecule has 0 saturated heterocycles. The first-order valence-corrected chi connectivity index (χ1v) is 8.15. The fourth-order valence-corrected chi connectivity index (χ4v) is 3.01. The summed E-state index contributed by atoms with van der Waals surface area (Å²) in [5.74, 6) is 0.734. The van der Waals surface area contributed by atoms with Gasteiger partial charge in [0.2, 0.25) is 0 Å². The number of allylic oxidation sites excluding steroid dienone is 2. The molecule has 1 aliphatic heterocycles. The zero-order valence-electron chi connectivity index (χ0n) is 14.0. The highest BCUT2D eigenvalue weighted by Gasteiger charge is 2.32. The highest BCUT2D eigenvalue weighted by molar-refractivity contribution is 5.35. The number of hydrogen-bond donors (Lipinski definition) is 0. The van der Waals surface area contributed by atoms with Crippen molar-refractivity contribution in [3.63, 3.8) is 0 Å². The van der Waals surface area contributed by atoms with Crippen molar-refractivity contribution >= 4 is 0 Å². The SMILES string of the molecule is COc1ccc(C2C([N+](=O)[O-])=CC=CN2CCc2ccccc2)cc1. The van der Waals surface area contributed by atoms with Crippen LogP contribution in [0, 0.1) is 10.1 Å². The van der Waals surface area contributed by atoms with E-state index in [2.05, 4.69) is 12.1 Å². The van der Waals surface area contributed by atoms with Crippen molar-refractivity contribution in [2.24, 2.45) is 0 Å². The molecule has 0 aromatic heterocycles. The van der Waals surface area contributed by atoms with E-state index in [4.69, 9.17) is 4.74 Å². The minimum absolute atomic E-state index is 0.181. The topological polar surface area (TPSA) is 55.6 Å². The van der Waals surface area contributed by atoms with E-state index in [-0.39, 0.29) is 10.6 Å². The quantitative estimate of drug-likeness (QED) is 0.592. The number of hydrogen-bond acceptors (Lipinski definition) is 4. The molecule has 5 nitrogen and oxygen atoms in total. The molecule has 0 bridgehead atoms. The van der Waals surface area contributed by atoms with E-state index in [0.717, 1.165) is 17.7 Å². The van der Waals surface area contributed by atoms with E-state index < -0.39 is 6.04 Å². The Balaban J connectivity index is 1.85. The zero-order valence-corrected chi connectivity index (χ0v) is 14.0. The molecular weight excluding hydrogens is 316 g/mol. The van der Waals surface area contributed by atoms with Gasteiger partial charge in [0.1, 0.15) is 11.8 Å². The molecule has 5 heteroatoms. The van der Waals surface area contributed by atoms with E-state index in [9.17, 15) is 10.1 Å². The molecule has 1 aliphatic rings. The van der Waals surface area contributed by atoms with Crippen molar-refractivity contribution in [2.75, 3.05) is 13.7 Å². The highest BCUT2D eigenvalue weighted by atomic mass is 16.6. The molecule has 25 heavy (non-hydrogen) atoms. The lowest BCUT2D eigenvalue weighted by Gasteiger charge is -2.31. The fourth-order valence-electron chi connectivity index (χ4n) is 3.01. The van der Waals surface area contributed by atoms with E-state index >= 15 is 0 Å². The summed E-state index contributed by atoms with van der Waals surface area (Å²) in [5.41, 5.74) is 2.27. The van der Waals surface area contributed by atoms with Gasteiger partial charge in [0.15, 0.2) is 0 Å². The first-order chi connectivity index (χ1) is 12.2. The summed E-state index contributed by atoms with van der Waals surface area (Å²) in [6.07, 6.45) is 6.06. The Morgan fingerprint density at radius 2 is 1.84 bits per heavy atom. The first kappa shape index (κ1) is 16.8. The van der Waals surface area contributed by atoms with Gasteiger partial charge in [0.05, 0.1) is 12.0 Å². The number of ether oxygens (including phenoxy) is 1. The van der Waals surface area contributed by atoms with Crippen LogP contribution in [0.15, 0.2) is 78.6 Å². The van der Waals surface area contributed by atoms with Gasteiger partial charge < -0.3 is 9.64 Å². The Kier molecular flexibility index (Phi) is 5.14. The third kappa shape index (κ3) is 3.88. The molecule has 128 valence electrons. The lowest BCUT2D eigenvalue weighted by atomic mass is 9.99. The van der Waals surface area contributed by atoms with Crippen molar-refractivity contribution in [2.45, 2.75) is 12.5 Å². The van der Waals surface area contributed by atoms with Gasteiger partial charge in [-0.05, 0) is 35.8 Å². The summed E-state index contributed by atoms with van der Waals surface area (Å²) in [6.45, 7) is 0.697. The molecule has 1 heterocycles. The van der Waals surface area contributed by atoms with E-state index in [1.54, 1.807) is 19.3 Å². The number of benzene rings is 2. The van der Waals surface area contributed by atoms with Gasteiger partial charge >= 0.3 is 0 Å². The van der Waals surface area contributed by atoms with Crippen molar-refractivity contribution in [1.82, 2.24) is 4.90 Å². The molecule has 0 aliphatic carbocycles. The number of methoxy groups -OCH3 is 1. The van der Waals surface area contributed by atoms with Crippen LogP contribution < -0.4 is 4.74 Å². The third-order valence-electron chi connectivity index (χ3n) is 4.30. The molecule has 0 spiro atoms. The fraction of sp³-hybridized carbons (Fsp3) is 0.200. The van der Waals surface area contributed by atoms with E-state index in [1.165, 1.54) is 5.56 Å². The molecule has 0 N–H and O–H groups in total. The summed E-state index contributed by atoms with van der Waals surface area (Å²) in [4.78, 5) is 13.3. The van der Waals surface area contributed by atoms with Crippen molar-refractivity contribution in [3.05, 3.63) is 99.9 Å². The lowest BCUT2D eigenvalue weighted by molar-refractivity contribution is -0.433. The minimum atomic E-state index is -0.408. The Labute approximate surface area is 147 Å². The Morgan fingerprint density at radius 3 is 2.48 bits per heavy atom. The molecule has 2 aromatic rings. The second kappa shape index (κ2) is 7.66. The van der Waals surface area contributed by atoms with Gasteiger partial charge in [-0.25, -0.2) is 0 Å². The molecule has 1 unspecified atom stereocenters. The normalized spacial score (nSPS) is 16.4. The van der Waals surface area contributed by atoms with Crippen molar-refractivity contribution < 1.29 is 9.66 Å². The van der Waals surface area contributed by atoms with Crippen LogP contribution in [0.5, 0.6) is 5.75 Å². The van der Waals surface area contributed by atoms with Crippen LogP contribution in [0.1, 0.15) is 17.2 Å². The smallest absolute Gasteiger partial charge is 0.273 e. The molecule has 1 atom stereocenters. The van der Waals surface area contributed by atoms with Gasteiger partial charge in [-0.2, -0.15) is 0 Å². The van der Waals surface area contributed by atoms with Crippen LogP contribution >= 0.6 is 0 Å². The molecule has 0 fully saturated rings. The van der Waals surface area contributed by atoms with Crippen molar-refractivity contribution in [1.29, 1.82) is 0 Å². The average Bonchev–Trinajstić information content (AvgIpc) is 2.67. The number of rotatable bonds is 6. The summed E-state index contributed by atoms with van der Waals surface area (Å²) < 4.78 is 5.19. The maximum absolute atomic E-state index is 11.5. The van der Waals surface area contributed by atoms with E-state index in [0.29, 0.717) is 6.54 Å². The number of nitrogens with zero attached hydrogens (tertiary/aromatic N) is 2. The van der Waals surface area contributed by atoms with Crippen LogP contribution in [0.4, 0.5) is 0 Å². The van der Waals surface area contributed by atoms with Crippen LogP contribution in [0.2, 0.25) is 0 Å². The molecular formula is C20H20N2O3. The van der Waals surface area contributed by atoms with Crippen LogP contribution in [-0.2, 0) is 6.42 Å². The Hall–Kier alpha value is -3.08. The average molecular weight is 336 g/mol. The standard InChI is InChI=1S/C20H20N2O3/c1-25-18-11-9-17(10-12-18)20-19(22(23)24)8-5-14-21(20)15-13-16-6-3-2-4-7-16/h2-12,14,20H,13,15H2,1H3. The largest absolute Gasteiger partial charge is 0.497 e. The predicted octanol–water partition coefficient (Wildman–Crippen LogP) is 3.97. The summed E-state index contributed by atoms with van der Waals surface area (Å²) in [7, 11) is 1.60. The predicted molar refractivity (Wildman–Crippen MR) is 96.8 cm³/mol. The number of nitro groups is 1. The molecule has 0 saturated carbocycles. The van der Waals surface area contributed by atoms with Crippen LogP contribution in [0.25, 0.3) is 0 Å². The molecule has 0 radical (unpaired) electrons. The van der Waals surface area contributed by atoms with Crippen LogP contribution in [0.3, 0.4) is 0 Å². The minimum Gasteiger partial charge on any atom is -0.497 e. The highest BCUT2D eigenvalue weighted by Crippen LogP contribution is 2.33. The zero-order chi connectivity index (χ0) is 17.6. The first-order valence-electron chi connectivity index (χ1n) is 8.15. The maximum atomic E-state index is 11.5. The maximum Gasteiger partial charge on any atom is 0.273 e. The second-order valence-electron chi connectivity index (χ2n) is 5.84. The van der Waals surface area contributed by atoms with Crippen LogP contribution in [-0.4, -0.2) is 23.5 Å². The van der Waals surface area contributed by atoms with Gasteiger partial charge in [-0.15, -0.1) is 0 Å².